The normalized spacial score (nSPS) is 23.1. The molecule has 0 unspecified atom stereocenters. The van der Waals surface area contributed by atoms with E-state index in [4.69, 9.17) is 4.99 Å². The summed E-state index contributed by atoms with van der Waals surface area (Å²) in [5, 5.41) is 11.1. The Morgan fingerprint density at radius 3 is 1.31 bits per heavy atom. The molecule has 2 aliphatic rings. The van der Waals surface area contributed by atoms with Crippen LogP contribution in [-0.2, 0) is 0 Å². The Balaban J connectivity index is 1.33. The van der Waals surface area contributed by atoms with Crippen LogP contribution in [0, 0.1) is 0 Å². The minimum absolute atomic E-state index is 0.0155. The van der Waals surface area contributed by atoms with E-state index in [-0.39, 0.29) is 24.2 Å². The third-order valence-corrected chi connectivity index (χ3v) is 6.75. The zero-order valence-corrected chi connectivity index (χ0v) is 19.4. The number of benzene rings is 4. The third-order valence-electron chi connectivity index (χ3n) is 6.75. The van der Waals surface area contributed by atoms with Crippen molar-refractivity contribution in [1.29, 1.82) is 0 Å². The second kappa shape index (κ2) is 9.51. The first-order valence-electron chi connectivity index (χ1n) is 12.1. The lowest BCUT2D eigenvalue weighted by atomic mass is 9.95. The molecular formula is C31H28N4. The van der Waals surface area contributed by atoms with E-state index in [0.29, 0.717) is 0 Å². The Bertz CT molecular complexity index is 1270. The summed E-state index contributed by atoms with van der Waals surface area (Å²) in [6.07, 6.45) is 2.11. The molecule has 4 aromatic carbocycles. The zero-order valence-electron chi connectivity index (χ0n) is 19.4. The van der Waals surface area contributed by atoms with Crippen LogP contribution in [0.1, 0.15) is 46.4 Å². The third kappa shape index (κ3) is 4.43. The van der Waals surface area contributed by atoms with Crippen molar-refractivity contribution < 1.29 is 0 Å². The van der Waals surface area contributed by atoms with Crippen LogP contribution < -0.4 is 16.0 Å². The Hall–Kier alpha value is -4.31. The Morgan fingerprint density at radius 2 is 0.857 bits per heavy atom. The molecule has 6 rings (SSSR count). The van der Waals surface area contributed by atoms with Crippen molar-refractivity contribution in [2.75, 3.05) is 0 Å². The highest BCUT2D eigenvalue weighted by Crippen LogP contribution is 2.37. The largest absolute Gasteiger partial charge is 0.363 e. The zero-order chi connectivity index (χ0) is 23.5. The van der Waals surface area contributed by atoms with Crippen LogP contribution in [0.5, 0.6) is 0 Å². The summed E-state index contributed by atoms with van der Waals surface area (Å²) in [5.41, 5.74) is 4.94. The molecule has 0 radical (unpaired) electrons. The van der Waals surface area contributed by atoms with Gasteiger partial charge in [-0.25, -0.2) is 0 Å². The average molecular weight is 457 g/mol. The Morgan fingerprint density at radius 1 is 0.457 bits per heavy atom. The predicted octanol–water partition coefficient (Wildman–Crippen LogP) is 5.99. The van der Waals surface area contributed by atoms with Crippen LogP contribution in [0.2, 0.25) is 0 Å². The Kier molecular flexibility index (Phi) is 5.77. The number of amidine groups is 1. The minimum Gasteiger partial charge on any atom is -0.363 e. The second-order valence-electron chi connectivity index (χ2n) is 9.03. The number of aliphatic imine (C=N–C) groups is 1. The van der Waals surface area contributed by atoms with Crippen LogP contribution in [0.4, 0.5) is 0 Å². The molecule has 2 aliphatic heterocycles. The van der Waals surface area contributed by atoms with Gasteiger partial charge in [0, 0.05) is 6.08 Å². The minimum atomic E-state index is 0.0155. The van der Waals surface area contributed by atoms with Crippen LogP contribution in [0.3, 0.4) is 0 Å². The van der Waals surface area contributed by atoms with Gasteiger partial charge in [-0.2, -0.15) is 0 Å². The van der Waals surface area contributed by atoms with E-state index in [1.165, 1.54) is 22.3 Å². The summed E-state index contributed by atoms with van der Waals surface area (Å²) >= 11 is 0. The maximum absolute atomic E-state index is 5.12. The monoisotopic (exact) mass is 456 g/mol. The van der Waals surface area contributed by atoms with Gasteiger partial charge in [0.25, 0.3) is 0 Å². The molecule has 1 fully saturated rings. The van der Waals surface area contributed by atoms with E-state index in [2.05, 4.69) is 143 Å². The summed E-state index contributed by atoms with van der Waals surface area (Å²) in [6, 6.07) is 42.7. The van der Waals surface area contributed by atoms with Gasteiger partial charge in [-0.3, -0.25) is 4.99 Å². The van der Waals surface area contributed by atoms with E-state index in [1.54, 1.807) is 0 Å². The molecule has 0 bridgehead atoms. The summed E-state index contributed by atoms with van der Waals surface area (Å²) in [4.78, 5) is 5.12. The fourth-order valence-electron chi connectivity index (χ4n) is 5.06. The van der Waals surface area contributed by atoms with E-state index >= 15 is 0 Å². The molecule has 4 atom stereocenters. The van der Waals surface area contributed by atoms with E-state index in [9.17, 15) is 0 Å². The first kappa shape index (κ1) is 21.2. The van der Waals surface area contributed by atoms with Crippen LogP contribution in [0.15, 0.2) is 138 Å². The standard InChI is InChI=1S/C31H28N4/c1-5-13-22(14-6-1)28-29(23-15-7-2-8-16-23)33-26(32-28)21-27-34-30(24-17-9-3-10-18-24)31(35-27)25-19-11-4-12-20-25/h1-21,28-33H,(H,34,35)/t28-,29-,30-,31-/m1/s1. The van der Waals surface area contributed by atoms with Gasteiger partial charge >= 0.3 is 0 Å². The van der Waals surface area contributed by atoms with Gasteiger partial charge in [0.05, 0.1) is 18.1 Å². The molecule has 172 valence electrons. The molecule has 0 saturated carbocycles. The van der Waals surface area contributed by atoms with Gasteiger partial charge in [0.1, 0.15) is 17.7 Å². The van der Waals surface area contributed by atoms with Crippen molar-refractivity contribution in [3.63, 3.8) is 0 Å². The molecular weight excluding hydrogens is 428 g/mol. The quantitative estimate of drug-likeness (QED) is 0.346. The highest BCUT2D eigenvalue weighted by molar-refractivity contribution is 5.95. The number of nitrogens with one attached hydrogen (secondary N) is 3. The van der Waals surface area contributed by atoms with Crippen molar-refractivity contribution in [2.24, 2.45) is 4.99 Å². The first-order chi connectivity index (χ1) is 17.3. The van der Waals surface area contributed by atoms with Crippen molar-refractivity contribution >= 4 is 5.84 Å². The number of hydrogen-bond donors (Lipinski definition) is 3. The smallest absolute Gasteiger partial charge is 0.125 e. The molecule has 4 aromatic rings. The topological polar surface area (TPSA) is 48.5 Å². The average Bonchev–Trinajstić information content (AvgIpc) is 3.56. The van der Waals surface area contributed by atoms with Crippen LogP contribution in [0.25, 0.3) is 0 Å². The molecule has 0 spiro atoms. The number of rotatable bonds is 5. The van der Waals surface area contributed by atoms with Crippen molar-refractivity contribution in [2.45, 2.75) is 24.2 Å². The molecule has 2 heterocycles. The highest BCUT2D eigenvalue weighted by Gasteiger charge is 2.34. The summed E-state index contributed by atoms with van der Waals surface area (Å²) in [6.45, 7) is 0. The lowest BCUT2D eigenvalue weighted by Crippen LogP contribution is -2.25. The molecule has 0 aromatic heterocycles. The molecule has 1 saturated heterocycles. The first-order valence-corrected chi connectivity index (χ1v) is 12.1. The van der Waals surface area contributed by atoms with E-state index in [1.807, 2.05) is 0 Å². The van der Waals surface area contributed by atoms with Gasteiger partial charge in [-0.05, 0) is 22.3 Å². The van der Waals surface area contributed by atoms with Crippen LogP contribution in [-0.4, -0.2) is 5.84 Å². The van der Waals surface area contributed by atoms with Gasteiger partial charge < -0.3 is 16.0 Å². The number of nitrogens with zero attached hydrogens (tertiary/aromatic N) is 1. The van der Waals surface area contributed by atoms with Gasteiger partial charge in [0.15, 0.2) is 0 Å². The second-order valence-corrected chi connectivity index (χ2v) is 9.03. The van der Waals surface area contributed by atoms with Gasteiger partial charge in [-0.1, -0.05) is 121 Å². The lowest BCUT2D eigenvalue weighted by molar-refractivity contribution is 0.554. The Labute approximate surface area is 206 Å². The van der Waals surface area contributed by atoms with Crippen molar-refractivity contribution in [3.05, 3.63) is 155 Å². The van der Waals surface area contributed by atoms with Gasteiger partial charge in [-0.15, -0.1) is 0 Å². The lowest BCUT2D eigenvalue weighted by Gasteiger charge is -2.19. The molecule has 4 nitrogen and oxygen atoms in total. The maximum atomic E-state index is 5.12. The summed E-state index contributed by atoms with van der Waals surface area (Å²) in [7, 11) is 0. The fourth-order valence-corrected chi connectivity index (χ4v) is 5.06. The van der Waals surface area contributed by atoms with Crippen molar-refractivity contribution in [1.82, 2.24) is 16.0 Å². The van der Waals surface area contributed by atoms with Crippen LogP contribution >= 0.6 is 0 Å². The van der Waals surface area contributed by atoms with E-state index in [0.717, 1.165) is 11.7 Å². The molecule has 0 amide bonds. The van der Waals surface area contributed by atoms with Gasteiger partial charge in [0.2, 0.25) is 0 Å². The molecule has 4 heteroatoms. The predicted molar refractivity (Wildman–Crippen MR) is 142 cm³/mol. The summed E-state index contributed by atoms with van der Waals surface area (Å²) < 4.78 is 0. The number of hydrogen-bond acceptors (Lipinski definition) is 4. The molecule has 0 aliphatic carbocycles. The molecule has 3 N–H and O–H groups in total. The highest BCUT2D eigenvalue weighted by atomic mass is 15.2. The fraction of sp³-hybridized carbons (Fsp3) is 0.129. The maximum Gasteiger partial charge on any atom is 0.125 e. The van der Waals surface area contributed by atoms with Crippen molar-refractivity contribution in [3.8, 4) is 0 Å². The van der Waals surface area contributed by atoms with E-state index < -0.39 is 0 Å². The molecule has 35 heavy (non-hydrogen) atoms. The summed E-state index contributed by atoms with van der Waals surface area (Å²) in [5.74, 6) is 1.85. The SMILES string of the molecule is C(=C1N[C@H](c2ccccc2)[C@@H](c2ccccc2)N1)C1=N[C@H](c2ccccc2)[C@@H](c2ccccc2)N1.